The van der Waals surface area contributed by atoms with Crippen molar-refractivity contribution in [3.8, 4) is 0 Å². The number of hydrogen-bond donors (Lipinski definition) is 4. The molecule has 1 saturated carbocycles. The molecule has 6 unspecified atom stereocenters. The first-order chi connectivity index (χ1) is 10.0. The Hall–Kier alpha value is -0.570. The molecule has 6 atom stereocenters. The van der Waals surface area contributed by atoms with Crippen LogP contribution < -0.4 is 15.9 Å². The van der Waals surface area contributed by atoms with Gasteiger partial charge in [-0.3, -0.25) is 10.5 Å². The number of methoxy groups -OCH3 is 1. The minimum atomic E-state index is -0.860. The van der Waals surface area contributed by atoms with Crippen LogP contribution in [0.4, 0.5) is 0 Å². The van der Waals surface area contributed by atoms with Gasteiger partial charge in [0.05, 0.1) is 6.54 Å². The number of carbonyl (C=O) groups excluding carboxylic acids is 1. The van der Waals surface area contributed by atoms with E-state index in [1.807, 2.05) is 0 Å². The lowest BCUT2D eigenvalue weighted by atomic mass is 9.81. The number of ether oxygens (including phenoxy) is 1. The molecular weight excluding hydrogens is 274 g/mol. The van der Waals surface area contributed by atoms with E-state index in [9.17, 15) is 15.2 Å². The topological polar surface area (TPSA) is 104 Å². The summed E-state index contributed by atoms with van der Waals surface area (Å²) in [5, 5.41) is 19.7. The summed E-state index contributed by atoms with van der Waals surface area (Å²) in [6, 6.07) is -0.567. The molecule has 1 heterocycles. The lowest BCUT2D eigenvalue weighted by Gasteiger charge is -2.37. The molecule has 1 aliphatic carbocycles. The number of quaternary nitrogens is 2. The summed E-state index contributed by atoms with van der Waals surface area (Å²) in [6.07, 6.45) is 4.77. The average molecular weight is 302 g/mol. The fourth-order valence-electron chi connectivity index (χ4n) is 3.67. The van der Waals surface area contributed by atoms with Crippen LogP contribution in [0.2, 0.25) is 0 Å². The number of likely N-dealkylation sites (tertiary alicyclic amines) is 1. The van der Waals surface area contributed by atoms with Gasteiger partial charge < -0.3 is 14.8 Å². The third-order valence-electron chi connectivity index (χ3n) is 5.05. The highest BCUT2D eigenvalue weighted by Crippen LogP contribution is 2.25. The molecule has 2 rings (SSSR count). The molecule has 0 aromatic rings. The first kappa shape index (κ1) is 16.8. The minimum Gasteiger partial charge on any atom is -0.600 e. The van der Waals surface area contributed by atoms with E-state index in [2.05, 4.69) is 0 Å². The van der Waals surface area contributed by atoms with E-state index in [1.54, 1.807) is 7.11 Å². The van der Waals surface area contributed by atoms with Gasteiger partial charge in [-0.05, 0) is 25.7 Å². The van der Waals surface area contributed by atoms with Crippen molar-refractivity contribution in [2.24, 2.45) is 11.7 Å². The number of piperidine rings is 1. The summed E-state index contributed by atoms with van der Waals surface area (Å²) >= 11 is 0. The molecule has 5 N–H and O–H groups in total. The molecule has 0 bridgehead atoms. The standard InChI is InChI=1S/C14H27N3O4/c1-21-13-6-5-10(8-11(13)17(19)20)12(18)9-16-7-3-2-4-14(16)15/h10-11,13-14,17,19H,2-9,15H2,1H3/p+1. The third kappa shape index (κ3) is 4.21. The van der Waals surface area contributed by atoms with Crippen molar-refractivity contribution in [1.29, 1.82) is 0 Å². The highest BCUT2D eigenvalue weighted by molar-refractivity contribution is 5.82. The first-order valence-electron chi connectivity index (χ1n) is 7.91. The SMILES string of the molecule is COC1CCC(C(=O)C[NH+]2CCCCC2N)CC1[NH+]([O-])O. The molecule has 0 aromatic carbocycles. The highest BCUT2D eigenvalue weighted by atomic mass is 16.8. The maximum Gasteiger partial charge on any atom is 0.190 e. The van der Waals surface area contributed by atoms with Crippen LogP contribution in [0.15, 0.2) is 0 Å². The number of rotatable bonds is 5. The van der Waals surface area contributed by atoms with E-state index in [-0.39, 0.29) is 24.0 Å². The van der Waals surface area contributed by atoms with Gasteiger partial charge in [0.25, 0.3) is 0 Å². The molecule has 1 aliphatic heterocycles. The normalized spacial score (nSPS) is 39.0. The van der Waals surface area contributed by atoms with E-state index in [0.29, 0.717) is 19.4 Å². The Morgan fingerprint density at radius 3 is 2.81 bits per heavy atom. The summed E-state index contributed by atoms with van der Waals surface area (Å²) < 4.78 is 5.24. The molecule has 0 radical (unpaired) electrons. The molecule has 2 fully saturated rings. The smallest absolute Gasteiger partial charge is 0.190 e. The van der Waals surface area contributed by atoms with E-state index in [0.717, 1.165) is 37.1 Å². The number of carbonyl (C=O) groups is 1. The Morgan fingerprint density at radius 1 is 1.43 bits per heavy atom. The van der Waals surface area contributed by atoms with Gasteiger partial charge in [-0.25, -0.2) is 10.4 Å². The molecule has 0 aromatic heterocycles. The van der Waals surface area contributed by atoms with Gasteiger partial charge in [0.15, 0.2) is 5.78 Å². The lowest BCUT2D eigenvalue weighted by Crippen LogP contribution is -3.19. The van der Waals surface area contributed by atoms with Crippen LogP contribution in [0.1, 0.15) is 38.5 Å². The van der Waals surface area contributed by atoms with E-state index < -0.39 is 11.3 Å². The quantitative estimate of drug-likeness (QED) is 0.434. The molecule has 0 spiro atoms. The number of nitrogens with one attached hydrogen (secondary N) is 2. The fourth-order valence-corrected chi connectivity index (χ4v) is 3.67. The predicted octanol–water partition coefficient (Wildman–Crippen LogP) is -2.14. The first-order valence-corrected chi connectivity index (χ1v) is 7.91. The minimum absolute atomic E-state index is 0.0493. The zero-order valence-corrected chi connectivity index (χ0v) is 12.7. The summed E-state index contributed by atoms with van der Waals surface area (Å²) in [4.78, 5) is 13.6. The lowest BCUT2D eigenvalue weighted by molar-refractivity contribution is -1.07. The van der Waals surface area contributed by atoms with Crippen LogP contribution in [-0.2, 0) is 9.53 Å². The van der Waals surface area contributed by atoms with Gasteiger partial charge in [-0.1, -0.05) is 0 Å². The summed E-state index contributed by atoms with van der Waals surface area (Å²) in [6.45, 7) is 1.39. The number of hydroxylamine groups is 2. The van der Waals surface area contributed by atoms with Crippen LogP contribution in [0.5, 0.6) is 0 Å². The van der Waals surface area contributed by atoms with Crippen LogP contribution in [0.25, 0.3) is 0 Å². The van der Waals surface area contributed by atoms with E-state index in [1.165, 1.54) is 0 Å². The van der Waals surface area contributed by atoms with E-state index >= 15 is 0 Å². The Kier molecular flexibility index (Phi) is 6.09. The maximum absolute atomic E-state index is 12.5. The average Bonchev–Trinajstić information content (AvgIpc) is 2.48. The summed E-state index contributed by atoms with van der Waals surface area (Å²) in [5.41, 5.74) is 6.07. The molecule has 2 aliphatic rings. The number of ketones is 1. The van der Waals surface area contributed by atoms with Crippen molar-refractivity contribution in [3.63, 3.8) is 0 Å². The van der Waals surface area contributed by atoms with Crippen molar-refractivity contribution in [1.82, 2.24) is 0 Å². The fraction of sp³-hybridized carbons (Fsp3) is 0.929. The van der Waals surface area contributed by atoms with Gasteiger partial charge in [0.2, 0.25) is 0 Å². The Balaban J connectivity index is 1.90. The van der Waals surface area contributed by atoms with Crippen molar-refractivity contribution in [2.45, 2.75) is 56.8 Å². The Bertz CT molecular complexity index is 353. The second-order valence-electron chi connectivity index (χ2n) is 6.38. The van der Waals surface area contributed by atoms with Crippen LogP contribution in [0, 0.1) is 11.1 Å². The van der Waals surface area contributed by atoms with Crippen molar-refractivity contribution in [3.05, 3.63) is 5.21 Å². The molecule has 7 heteroatoms. The van der Waals surface area contributed by atoms with E-state index in [4.69, 9.17) is 10.5 Å². The van der Waals surface area contributed by atoms with Crippen LogP contribution >= 0.6 is 0 Å². The van der Waals surface area contributed by atoms with Gasteiger partial charge in [0, 0.05) is 25.9 Å². The third-order valence-corrected chi connectivity index (χ3v) is 5.05. The molecule has 7 nitrogen and oxygen atoms in total. The molecule has 21 heavy (non-hydrogen) atoms. The molecule has 1 saturated heterocycles. The Morgan fingerprint density at radius 2 is 2.19 bits per heavy atom. The number of nitrogens with two attached hydrogens (primary N) is 1. The van der Waals surface area contributed by atoms with Gasteiger partial charge in [-0.15, -0.1) is 0 Å². The Labute approximate surface area is 125 Å². The summed E-state index contributed by atoms with van der Waals surface area (Å²) in [5.74, 6) is 0.0160. The largest absolute Gasteiger partial charge is 0.600 e. The van der Waals surface area contributed by atoms with Gasteiger partial charge >= 0.3 is 0 Å². The summed E-state index contributed by atoms with van der Waals surface area (Å²) in [7, 11) is 1.54. The predicted molar refractivity (Wildman–Crippen MR) is 75.6 cm³/mol. The van der Waals surface area contributed by atoms with Crippen molar-refractivity contribution >= 4 is 5.78 Å². The zero-order valence-electron chi connectivity index (χ0n) is 12.7. The second-order valence-corrected chi connectivity index (χ2v) is 6.38. The van der Waals surface area contributed by atoms with Crippen molar-refractivity contribution < 1.29 is 24.9 Å². The number of Topliss-reactive ketones (excluding diaryl/α,β-unsaturated/α-hetero) is 1. The molecular formula is C14H28N3O4+. The maximum atomic E-state index is 12.5. The second kappa shape index (κ2) is 7.62. The van der Waals surface area contributed by atoms with Gasteiger partial charge in [-0.2, -0.15) is 0 Å². The van der Waals surface area contributed by atoms with Crippen LogP contribution in [0.3, 0.4) is 0 Å². The number of hydrogen-bond acceptors (Lipinski definition) is 5. The van der Waals surface area contributed by atoms with Crippen LogP contribution in [-0.4, -0.2) is 49.5 Å². The van der Waals surface area contributed by atoms with Gasteiger partial charge in [0.1, 0.15) is 24.9 Å². The monoisotopic (exact) mass is 302 g/mol. The van der Waals surface area contributed by atoms with Crippen molar-refractivity contribution in [2.75, 3.05) is 20.2 Å². The highest BCUT2D eigenvalue weighted by Gasteiger charge is 2.39. The molecule has 122 valence electrons. The molecule has 0 amide bonds. The zero-order chi connectivity index (χ0) is 15.4.